The van der Waals surface area contributed by atoms with Crippen molar-refractivity contribution in [3.8, 4) is 0 Å². The van der Waals surface area contributed by atoms with Gasteiger partial charge in [-0.05, 0) is 18.1 Å². The molecule has 2 aromatic rings. The SMILES string of the molecule is Cc1cccc(CC2OCCN(Cc3ccccc3)C2=O)c1. The summed E-state index contributed by atoms with van der Waals surface area (Å²) in [5, 5.41) is 0. The van der Waals surface area contributed by atoms with Gasteiger partial charge in [0.2, 0.25) is 0 Å². The van der Waals surface area contributed by atoms with E-state index in [4.69, 9.17) is 4.74 Å². The van der Waals surface area contributed by atoms with Gasteiger partial charge in [0.1, 0.15) is 6.10 Å². The molecule has 1 aliphatic heterocycles. The van der Waals surface area contributed by atoms with Crippen LogP contribution in [0.1, 0.15) is 16.7 Å². The second kappa shape index (κ2) is 6.75. The molecule has 1 heterocycles. The number of carbonyl (C=O) groups is 1. The molecule has 0 aromatic heterocycles. The predicted molar refractivity (Wildman–Crippen MR) is 86.5 cm³/mol. The van der Waals surface area contributed by atoms with Crippen LogP contribution >= 0.6 is 0 Å². The van der Waals surface area contributed by atoms with Crippen molar-refractivity contribution in [2.75, 3.05) is 13.2 Å². The average Bonchev–Trinajstić information content (AvgIpc) is 2.52. The maximum atomic E-state index is 12.6. The van der Waals surface area contributed by atoms with Gasteiger partial charge in [-0.2, -0.15) is 0 Å². The summed E-state index contributed by atoms with van der Waals surface area (Å²) in [7, 11) is 0. The van der Waals surface area contributed by atoms with Crippen molar-refractivity contribution < 1.29 is 9.53 Å². The van der Waals surface area contributed by atoms with E-state index in [1.54, 1.807) is 0 Å². The standard InChI is InChI=1S/C19H21NO2/c1-15-6-5-9-17(12-15)13-18-19(21)20(10-11-22-18)14-16-7-3-2-4-8-16/h2-9,12,18H,10-11,13-14H2,1H3. The van der Waals surface area contributed by atoms with Crippen LogP contribution in [0.4, 0.5) is 0 Å². The van der Waals surface area contributed by atoms with Gasteiger partial charge in [0, 0.05) is 19.5 Å². The summed E-state index contributed by atoms with van der Waals surface area (Å²) in [5.74, 6) is 0.0941. The topological polar surface area (TPSA) is 29.5 Å². The highest BCUT2D eigenvalue weighted by molar-refractivity contribution is 5.81. The lowest BCUT2D eigenvalue weighted by molar-refractivity contribution is -0.153. The molecular formula is C19H21NO2. The summed E-state index contributed by atoms with van der Waals surface area (Å²) < 4.78 is 5.71. The van der Waals surface area contributed by atoms with Gasteiger partial charge in [-0.25, -0.2) is 0 Å². The number of hydrogen-bond donors (Lipinski definition) is 0. The summed E-state index contributed by atoms with van der Waals surface area (Å²) in [5.41, 5.74) is 3.52. The number of benzene rings is 2. The number of rotatable bonds is 4. The van der Waals surface area contributed by atoms with Crippen LogP contribution in [0.2, 0.25) is 0 Å². The Kier molecular flexibility index (Phi) is 4.54. The van der Waals surface area contributed by atoms with Gasteiger partial charge in [0.05, 0.1) is 6.61 Å². The number of ether oxygens (including phenoxy) is 1. The highest BCUT2D eigenvalue weighted by Crippen LogP contribution is 2.16. The highest BCUT2D eigenvalue weighted by Gasteiger charge is 2.29. The molecule has 0 bridgehead atoms. The van der Waals surface area contributed by atoms with Crippen LogP contribution in [0.3, 0.4) is 0 Å². The van der Waals surface area contributed by atoms with Crippen molar-refractivity contribution >= 4 is 5.91 Å². The van der Waals surface area contributed by atoms with Crippen LogP contribution in [-0.2, 0) is 22.5 Å². The molecule has 0 spiro atoms. The van der Waals surface area contributed by atoms with E-state index in [0.717, 1.165) is 11.1 Å². The fourth-order valence-electron chi connectivity index (χ4n) is 2.85. The molecule has 3 rings (SSSR count). The maximum absolute atomic E-state index is 12.6. The Balaban J connectivity index is 1.67. The normalized spacial score (nSPS) is 18.5. The van der Waals surface area contributed by atoms with E-state index in [0.29, 0.717) is 26.1 Å². The van der Waals surface area contributed by atoms with Gasteiger partial charge in [0.15, 0.2) is 0 Å². The van der Waals surface area contributed by atoms with Crippen molar-refractivity contribution in [2.24, 2.45) is 0 Å². The van der Waals surface area contributed by atoms with E-state index in [1.807, 2.05) is 29.2 Å². The molecule has 1 aliphatic rings. The van der Waals surface area contributed by atoms with E-state index >= 15 is 0 Å². The predicted octanol–water partition coefficient (Wildman–Crippen LogP) is 2.97. The molecule has 1 unspecified atom stereocenters. The molecule has 0 aliphatic carbocycles. The molecule has 1 atom stereocenters. The Morgan fingerprint density at radius 1 is 1.09 bits per heavy atom. The van der Waals surface area contributed by atoms with Crippen molar-refractivity contribution in [1.82, 2.24) is 4.90 Å². The number of morpholine rings is 1. The maximum Gasteiger partial charge on any atom is 0.252 e. The molecule has 2 aromatic carbocycles. The highest BCUT2D eigenvalue weighted by atomic mass is 16.5. The fraction of sp³-hybridized carbons (Fsp3) is 0.316. The molecule has 1 amide bonds. The van der Waals surface area contributed by atoms with E-state index in [2.05, 4.69) is 37.3 Å². The number of amides is 1. The molecule has 1 fully saturated rings. The quantitative estimate of drug-likeness (QED) is 0.868. The third-order valence-electron chi connectivity index (χ3n) is 3.99. The second-order valence-electron chi connectivity index (χ2n) is 5.80. The Hall–Kier alpha value is -2.13. The van der Waals surface area contributed by atoms with Gasteiger partial charge in [-0.1, -0.05) is 60.2 Å². The summed E-state index contributed by atoms with van der Waals surface area (Å²) in [4.78, 5) is 14.5. The van der Waals surface area contributed by atoms with E-state index in [9.17, 15) is 4.79 Å². The summed E-state index contributed by atoms with van der Waals surface area (Å²) in [6, 6.07) is 18.4. The first-order chi connectivity index (χ1) is 10.7. The number of nitrogens with zero attached hydrogens (tertiary/aromatic N) is 1. The number of carbonyl (C=O) groups excluding carboxylic acids is 1. The van der Waals surface area contributed by atoms with Gasteiger partial charge in [0.25, 0.3) is 5.91 Å². The zero-order chi connectivity index (χ0) is 15.4. The lowest BCUT2D eigenvalue weighted by Crippen LogP contribution is -2.48. The fourth-order valence-corrected chi connectivity index (χ4v) is 2.85. The minimum atomic E-state index is -0.362. The van der Waals surface area contributed by atoms with Crippen molar-refractivity contribution in [2.45, 2.75) is 26.0 Å². The van der Waals surface area contributed by atoms with Crippen LogP contribution in [0.15, 0.2) is 54.6 Å². The monoisotopic (exact) mass is 295 g/mol. The third kappa shape index (κ3) is 3.55. The first-order valence-electron chi connectivity index (χ1n) is 7.72. The Labute approximate surface area is 131 Å². The van der Waals surface area contributed by atoms with Gasteiger partial charge in [-0.15, -0.1) is 0 Å². The van der Waals surface area contributed by atoms with Crippen LogP contribution < -0.4 is 0 Å². The van der Waals surface area contributed by atoms with E-state index in [1.165, 1.54) is 5.56 Å². The molecule has 3 heteroatoms. The van der Waals surface area contributed by atoms with Crippen molar-refractivity contribution in [3.05, 3.63) is 71.3 Å². The van der Waals surface area contributed by atoms with Crippen LogP contribution in [0.5, 0.6) is 0 Å². The van der Waals surface area contributed by atoms with Crippen LogP contribution in [0, 0.1) is 6.92 Å². The minimum absolute atomic E-state index is 0.0941. The van der Waals surface area contributed by atoms with E-state index in [-0.39, 0.29) is 12.0 Å². The summed E-state index contributed by atoms with van der Waals surface area (Å²) in [6.07, 6.45) is 0.283. The molecular weight excluding hydrogens is 274 g/mol. The van der Waals surface area contributed by atoms with E-state index < -0.39 is 0 Å². The largest absolute Gasteiger partial charge is 0.366 e. The minimum Gasteiger partial charge on any atom is -0.366 e. The molecule has 0 N–H and O–H groups in total. The molecule has 114 valence electrons. The number of hydrogen-bond acceptors (Lipinski definition) is 2. The van der Waals surface area contributed by atoms with Gasteiger partial charge >= 0.3 is 0 Å². The van der Waals surface area contributed by atoms with Gasteiger partial charge in [-0.3, -0.25) is 4.79 Å². The lowest BCUT2D eigenvalue weighted by Gasteiger charge is -2.32. The third-order valence-corrected chi connectivity index (χ3v) is 3.99. The first kappa shape index (κ1) is 14.8. The van der Waals surface area contributed by atoms with Crippen molar-refractivity contribution in [3.63, 3.8) is 0 Å². The lowest BCUT2D eigenvalue weighted by atomic mass is 10.0. The summed E-state index contributed by atoms with van der Waals surface area (Å²) in [6.45, 7) is 4.00. The van der Waals surface area contributed by atoms with Crippen LogP contribution in [-0.4, -0.2) is 30.1 Å². The smallest absolute Gasteiger partial charge is 0.252 e. The molecule has 22 heavy (non-hydrogen) atoms. The zero-order valence-corrected chi connectivity index (χ0v) is 12.9. The molecule has 0 radical (unpaired) electrons. The average molecular weight is 295 g/mol. The Morgan fingerprint density at radius 3 is 2.64 bits per heavy atom. The summed E-state index contributed by atoms with van der Waals surface area (Å²) >= 11 is 0. The molecule has 1 saturated heterocycles. The molecule has 3 nitrogen and oxygen atoms in total. The van der Waals surface area contributed by atoms with Crippen molar-refractivity contribution in [1.29, 1.82) is 0 Å². The molecule has 0 saturated carbocycles. The number of aryl methyl sites for hydroxylation is 1. The first-order valence-corrected chi connectivity index (χ1v) is 7.72. The Bertz CT molecular complexity index is 639. The Morgan fingerprint density at radius 2 is 1.86 bits per heavy atom. The zero-order valence-electron chi connectivity index (χ0n) is 12.9. The second-order valence-corrected chi connectivity index (χ2v) is 5.80. The van der Waals surface area contributed by atoms with Gasteiger partial charge < -0.3 is 9.64 Å². The van der Waals surface area contributed by atoms with Crippen LogP contribution in [0.25, 0.3) is 0 Å².